The average Bonchev–Trinajstić information content (AvgIpc) is 2.29. The van der Waals surface area contributed by atoms with Crippen molar-refractivity contribution in [3.8, 4) is 0 Å². The van der Waals surface area contributed by atoms with Crippen molar-refractivity contribution >= 4 is 12.0 Å². The molecule has 1 fully saturated rings. The monoisotopic (exact) mass is 244 g/mol. The Morgan fingerprint density at radius 1 is 1.53 bits per heavy atom. The zero-order valence-electron chi connectivity index (χ0n) is 10.5. The number of urea groups is 1. The number of nitrogens with one attached hydrogen (secondary N) is 1. The number of rotatable bonds is 3. The van der Waals surface area contributed by atoms with E-state index in [1.54, 1.807) is 12.0 Å². The van der Waals surface area contributed by atoms with Gasteiger partial charge >= 0.3 is 12.0 Å². The van der Waals surface area contributed by atoms with Crippen molar-refractivity contribution in [3.63, 3.8) is 0 Å². The summed E-state index contributed by atoms with van der Waals surface area (Å²) in [5.41, 5.74) is 0. The molecule has 0 spiro atoms. The topological polar surface area (TPSA) is 78.9 Å². The fourth-order valence-electron chi connectivity index (χ4n) is 1.86. The molecule has 1 aliphatic heterocycles. The van der Waals surface area contributed by atoms with Crippen molar-refractivity contribution in [1.82, 2.24) is 10.2 Å². The maximum atomic E-state index is 11.8. The summed E-state index contributed by atoms with van der Waals surface area (Å²) in [6.45, 7) is 4.68. The molecule has 98 valence electrons. The molecule has 1 rings (SSSR count). The first kappa shape index (κ1) is 13.8. The molecular formula is C11H20N2O4. The number of carbonyl (C=O) groups is 2. The minimum atomic E-state index is -1.04. The van der Waals surface area contributed by atoms with Crippen LogP contribution in [0, 0.1) is 5.92 Å². The Kier molecular flexibility index (Phi) is 4.74. The van der Waals surface area contributed by atoms with Gasteiger partial charge in [-0.3, -0.25) is 4.79 Å². The highest BCUT2D eigenvalue weighted by Crippen LogP contribution is 2.19. The molecule has 0 bridgehead atoms. The predicted octanol–water partition coefficient (Wildman–Crippen LogP) is 0.526. The number of hydrogen-bond donors (Lipinski definition) is 2. The Hall–Kier alpha value is -1.30. The smallest absolute Gasteiger partial charge is 0.325 e. The third-order valence-corrected chi connectivity index (χ3v) is 3.19. The van der Waals surface area contributed by atoms with Crippen LogP contribution in [0.5, 0.6) is 0 Å². The van der Waals surface area contributed by atoms with Gasteiger partial charge in [0, 0.05) is 20.2 Å². The number of aliphatic carboxylic acids is 1. The van der Waals surface area contributed by atoms with Crippen molar-refractivity contribution in [3.05, 3.63) is 0 Å². The van der Waals surface area contributed by atoms with Crippen LogP contribution in [0.25, 0.3) is 0 Å². The maximum absolute atomic E-state index is 11.8. The molecule has 2 amide bonds. The molecular weight excluding hydrogens is 224 g/mol. The van der Waals surface area contributed by atoms with E-state index in [4.69, 9.17) is 9.84 Å². The second-order valence-corrected chi connectivity index (χ2v) is 4.50. The van der Waals surface area contributed by atoms with E-state index in [1.165, 1.54) is 6.92 Å². The van der Waals surface area contributed by atoms with E-state index in [0.717, 1.165) is 6.42 Å². The third-order valence-electron chi connectivity index (χ3n) is 3.19. The van der Waals surface area contributed by atoms with Gasteiger partial charge < -0.3 is 20.1 Å². The Labute approximate surface area is 101 Å². The number of amides is 2. The van der Waals surface area contributed by atoms with Crippen molar-refractivity contribution in [2.45, 2.75) is 32.4 Å². The number of likely N-dealkylation sites (tertiary alicyclic amines) is 1. The Bertz CT molecular complexity index is 295. The lowest BCUT2D eigenvalue weighted by Crippen LogP contribution is -2.53. The molecule has 6 heteroatoms. The first-order chi connectivity index (χ1) is 7.95. The minimum Gasteiger partial charge on any atom is -0.480 e. The van der Waals surface area contributed by atoms with E-state index in [1.807, 2.05) is 0 Å². The fraction of sp³-hybridized carbons (Fsp3) is 0.818. The molecule has 3 atom stereocenters. The summed E-state index contributed by atoms with van der Waals surface area (Å²) in [4.78, 5) is 24.0. The van der Waals surface area contributed by atoms with E-state index < -0.39 is 12.0 Å². The summed E-state index contributed by atoms with van der Waals surface area (Å²) in [6, 6.07) is -1.21. The van der Waals surface area contributed by atoms with E-state index in [9.17, 15) is 9.59 Å². The molecule has 17 heavy (non-hydrogen) atoms. The number of hydrogen-bond acceptors (Lipinski definition) is 3. The van der Waals surface area contributed by atoms with Gasteiger partial charge in [-0.2, -0.15) is 0 Å². The zero-order valence-corrected chi connectivity index (χ0v) is 10.5. The standard InChI is InChI=1S/C11H20N2O4/c1-7-4-5-13(6-9(7)17-3)11(16)12-8(2)10(14)15/h7-9H,4-6H2,1-3H3,(H,12,16)(H,14,15)/t7?,8-,9?/m1/s1. The normalized spacial score (nSPS) is 26.4. The van der Waals surface area contributed by atoms with Gasteiger partial charge in [-0.05, 0) is 19.3 Å². The van der Waals surface area contributed by atoms with Crippen LogP contribution < -0.4 is 5.32 Å². The molecule has 0 aromatic carbocycles. The number of piperidine rings is 1. The molecule has 1 heterocycles. The van der Waals surface area contributed by atoms with E-state index in [-0.39, 0.29) is 12.1 Å². The van der Waals surface area contributed by atoms with E-state index >= 15 is 0 Å². The van der Waals surface area contributed by atoms with Crippen LogP contribution in [0.3, 0.4) is 0 Å². The first-order valence-electron chi connectivity index (χ1n) is 5.76. The fourth-order valence-corrected chi connectivity index (χ4v) is 1.86. The van der Waals surface area contributed by atoms with Crippen molar-refractivity contribution in [2.24, 2.45) is 5.92 Å². The summed E-state index contributed by atoms with van der Waals surface area (Å²) >= 11 is 0. The molecule has 0 aliphatic carbocycles. The molecule has 1 aliphatic rings. The predicted molar refractivity (Wildman–Crippen MR) is 61.8 cm³/mol. The quantitative estimate of drug-likeness (QED) is 0.759. The first-order valence-corrected chi connectivity index (χ1v) is 5.76. The Morgan fingerprint density at radius 3 is 2.71 bits per heavy atom. The van der Waals surface area contributed by atoms with Crippen LogP contribution in [-0.2, 0) is 9.53 Å². The number of carboxylic acid groups (broad SMARTS) is 1. The van der Waals surface area contributed by atoms with Gasteiger partial charge in [0.1, 0.15) is 6.04 Å². The van der Waals surface area contributed by atoms with Gasteiger partial charge in [-0.15, -0.1) is 0 Å². The van der Waals surface area contributed by atoms with Crippen LogP contribution in [0.1, 0.15) is 20.3 Å². The van der Waals surface area contributed by atoms with Crippen molar-refractivity contribution in [1.29, 1.82) is 0 Å². The Balaban J connectivity index is 2.50. The largest absolute Gasteiger partial charge is 0.480 e. The van der Waals surface area contributed by atoms with Gasteiger partial charge in [0.2, 0.25) is 0 Å². The van der Waals surface area contributed by atoms with Gasteiger partial charge in [0.15, 0.2) is 0 Å². The number of carboxylic acids is 1. The molecule has 6 nitrogen and oxygen atoms in total. The van der Waals surface area contributed by atoms with Crippen LogP contribution in [0.2, 0.25) is 0 Å². The van der Waals surface area contributed by atoms with Crippen LogP contribution in [0.4, 0.5) is 4.79 Å². The van der Waals surface area contributed by atoms with E-state index in [2.05, 4.69) is 12.2 Å². The number of carbonyl (C=O) groups excluding carboxylic acids is 1. The SMILES string of the molecule is COC1CN(C(=O)N[C@H](C)C(=O)O)CCC1C. The van der Waals surface area contributed by atoms with Crippen molar-refractivity contribution in [2.75, 3.05) is 20.2 Å². The highest BCUT2D eigenvalue weighted by molar-refractivity contribution is 5.82. The van der Waals surface area contributed by atoms with Crippen LogP contribution in [0.15, 0.2) is 0 Å². The summed E-state index contributed by atoms with van der Waals surface area (Å²) in [5.74, 6) is -0.618. The van der Waals surface area contributed by atoms with Crippen LogP contribution >= 0.6 is 0 Å². The summed E-state index contributed by atoms with van der Waals surface area (Å²) in [5, 5.41) is 11.2. The molecule has 1 saturated heterocycles. The number of methoxy groups -OCH3 is 1. The molecule has 2 unspecified atom stereocenters. The summed E-state index contributed by atoms with van der Waals surface area (Å²) in [7, 11) is 1.63. The minimum absolute atomic E-state index is 0.0228. The average molecular weight is 244 g/mol. The second-order valence-electron chi connectivity index (χ2n) is 4.50. The molecule has 0 saturated carbocycles. The molecule has 0 radical (unpaired) electrons. The summed E-state index contributed by atoms with van der Waals surface area (Å²) in [6.07, 6.45) is 0.891. The van der Waals surface area contributed by atoms with Gasteiger partial charge in [-0.25, -0.2) is 4.79 Å². The van der Waals surface area contributed by atoms with Crippen LogP contribution in [-0.4, -0.2) is 54.4 Å². The van der Waals surface area contributed by atoms with Crippen molar-refractivity contribution < 1.29 is 19.4 Å². The highest BCUT2D eigenvalue weighted by Gasteiger charge is 2.29. The number of ether oxygens (including phenoxy) is 1. The highest BCUT2D eigenvalue weighted by atomic mass is 16.5. The third kappa shape index (κ3) is 3.59. The molecule has 0 aromatic heterocycles. The Morgan fingerprint density at radius 2 is 2.18 bits per heavy atom. The lowest BCUT2D eigenvalue weighted by molar-refractivity contribution is -0.138. The van der Waals surface area contributed by atoms with Gasteiger partial charge in [0.25, 0.3) is 0 Å². The second kappa shape index (κ2) is 5.86. The lowest BCUT2D eigenvalue weighted by atomic mass is 9.96. The van der Waals surface area contributed by atoms with Gasteiger partial charge in [0.05, 0.1) is 6.10 Å². The lowest BCUT2D eigenvalue weighted by Gasteiger charge is -2.36. The zero-order chi connectivity index (χ0) is 13.0. The van der Waals surface area contributed by atoms with E-state index in [0.29, 0.717) is 19.0 Å². The maximum Gasteiger partial charge on any atom is 0.325 e. The molecule has 0 aromatic rings. The molecule has 2 N–H and O–H groups in total. The van der Waals surface area contributed by atoms with Gasteiger partial charge in [-0.1, -0.05) is 6.92 Å². The summed E-state index contributed by atoms with van der Waals surface area (Å²) < 4.78 is 5.30. The number of nitrogens with zero attached hydrogens (tertiary/aromatic N) is 1.